The number of benzene rings is 2. The molecule has 5 aromatic rings. The Morgan fingerprint density at radius 2 is 1.68 bits per heavy atom. The van der Waals surface area contributed by atoms with E-state index in [2.05, 4.69) is 20.7 Å². The molecule has 2 amide bonds. The summed E-state index contributed by atoms with van der Waals surface area (Å²) in [5.41, 5.74) is 5.33. The molecule has 40 heavy (non-hydrogen) atoms. The maximum Gasteiger partial charge on any atom is 0.320 e. The minimum absolute atomic E-state index is 0.165. The molecule has 2 N–H and O–H groups in total. The van der Waals surface area contributed by atoms with Gasteiger partial charge in [0.15, 0.2) is 0 Å². The average molecular weight is 537 g/mol. The number of urea groups is 1. The number of aromatic nitrogens is 4. The second kappa shape index (κ2) is 13.0. The molecule has 0 aliphatic carbocycles. The highest BCUT2D eigenvalue weighted by molar-refractivity contribution is 5.92. The molecule has 9 nitrogen and oxygen atoms in total. The summed E-state index contributed by atoms with van der Waals surface area (Å²) < 4.78 is 13.5. The summed E-state index contributed by atoms with van der Waals surface area (Å²) in [5, 5.41) is 11.3. The fourth-order valence-corrected chi connectivity index (χ4v) is 4.38. The van der Waals surface area contributed by atoms with Crippen molar-refractivity contribution in [2.75, 3.05) is 18.5 Å². The van der Waals surface area contributed by atoms with Crippen molar-refractivity contribution < 1.29 is 14.3 Å². The number of rotatable bonds is 11. The first-order valence-electron chi connectivity index (χ1n) is 13.2. The van der Waals surface area contributed by atoms with Gasteiger partial charge in [0.2, 0.25) is 0 Å². The Bertz CT molecular complexity index is 1560. The van der Waals surface area contributed by atoms with Crippen molar-refractivity contribution in [2.24, 2.45) is 0 Å². The van der Waals surface area contributed by atoms with Gasteiger partial charge in [-0.05, 0) is 43.2 Å². The van der Waals surface area contributed by atoms with Crippen molar-refractivity contribution in [1.82, 2.24) is 25.1 Å². The molecular formula is C31H32N6O3. The van der Waals surface area contributed by atoms with Crippen LogP contribution in [0.25, 0.3) is 16.6 Å². The van der Waals surface area contributed by atoms with Crippen LogP contribution in [-0.2, 0) is 22.7 Å². The number of ether oxygens (including phenoxy) is 2. The minimum atomic E-state index is -0.346. The van der Waals surface area contributed by atoms with E-state index in [0.717, 1.165) is 33.4 Å². The van der Waals surface area contributed by atoms with Crippen LogP contribution in [0.1, 0.15) is 35.5 Å². The number of hydrogen-bond acceptors (Lipinski definition) is 6. The predicted molar refractivity (Wildman–Crippen MR) is 154 cm³/mol. The lowest BCUT2D eigenvalue weighted by molar-refractivity contribution is 0.0332. The molecule has 2 aromatic carbocycles. The minimum Gasteiger partial charge on any atom is -0.374 e. The van der Waals surface area contributed by atoms with E-state index in [9.17, 15) is 4.79 Å². The Kier molecular flexibility index (Phi) is 8.75. The van der Waals surface area contributed by atoms with Gasteiger partial charge in [0.05, 0.1) is 55.6 Å². The van der Waals surface area contributed by atoms with E-state index in [1.165, 1.54) is 0 Å². The van der Waals surface area contributed by atoms with E-state index in [0.29, 0.717) is 31.3 Å². The van der Waals surface area contributed by atoms with Crippen LogP contribution in [0.4, 0.5) is 10.6 Å². The Morgan fingerprint density at radius 3 is 2.42 bits per heavy atom. The van der Waals surface area contributed by atoms with Gasteiger partial charge in [0.25, 0.3) is 0 Å². The van der Waals surface area contributed by atoms with Crippen LogP contribution in [0, 0.1) is 6.92 Å². The van der Waals surface area contributed by atoms with Gasteiger partial charge in [0.1, 0.15) is 5.82 Å². The lowest BCUT2D eigenvalue weighted by Gasteiger charge is -2.15. The van der Waals surface area contributed by atoms with Crippen molar-refractivity contribution in [3.8, 4) is 5.69 Å². The number of carbonyl (C=O) groups excluding carboxylic acids is 1. The average Bonchev–Trinajstić information content (AvgIpc) is 3.40. The molecule has 1 unspecified atom stereocenters. The highest BCUT2D eigenvalue weighted by Crippen LogP contribution is 2.25. The number of amides is 2. The Balaban J connectivity index is 1.31. The molecule has 1 atom stereocenters. The summed E-state index contributed by atoms with van der Waals surface area (Å²) in [5.74, 6) is 0.412. The van der Waals surface area contributed by atoms with Gasteiger partial charge in [-0.2, -0.15) is 5.10 Å². The number of aryl methyl sites for hydroxylation is 1. The lowest BCUT2D eigenvalue weighted by Crippen LogP contribution is -2.31. The van der Waals surface area contributed by atoms with E-state index in [1.54, 1.807) is 12.4 Å². The first-order valence-corrected chi connectivity index (χ1v) is 13.2. The summed E-state index contributed by atoms with van der Waals surface area (Å²) >= 11 is 0. The van der Waals surface area contributed by atoms with Crippen LogP contribution in [0.15, 0.2) is 91.3 Å². The van der Waals surface area contributed by atoms with Crippen molar-refractivity contribution >= 4 is 22.8 Å². The predicted octanol–water partition coefficient (Wildman–Crippen LogP) is 5.74. The molecule has 0 fully saturated rings. The van der Waals surface area contributed by atoms with E-state index >= 15 is 0 Å². The third-order valence-electron chi connectivity index (χ3n) is 6.35. The monoisotopic (exact) mass is 536 g/mol. The van der Waals surface area contributed by atoms with Crippen LogP contribution in [0.3, 0.4) is 0 Å². The highest BCUT2D eigenvalue weighted by atomic mass is 16.5. The van der Waals surface area contributed by atoms with Crippen LogP contribution in [-0.4, -0.2) is 39.0 Å². The first kappa shape index (κ1) is 27.0. The quantitative estimate of drug-likeness (QED) is 0.209. The highest BCUT2D eigenvalue weighted by Gasteiger charge is 2.16. The third-order valence-corrected chi connectivity index (χ3v) is 6.35. The number of hydrogen-bond donors (Lipinski definition) is 2. The van der Waals surface area contributed by atoms with Crippen molar-refractivity contribution in [3.05, 3.63) is 114 Å². The maximum absolute atomic E-state index is 12.8. The molecule has 0 bridgehead atoms. The maximum atomic E-state index is 12.8. The number of nitrogens with one attached hydrogen (secondary N) is 2. The summed E-state index contributed by atoms with van der Waals surface area (Å²) in [4.78, 5) is 21.9. The number of pyridine rings is 2. The molecule has 0 radical (unpaired) electrons. The molecular weight excluding hydrogens is 504 g/mol. The number of nitrogens with zero attached hydrogens (tertiary/aromatic N) is 4. The molecule has 0 saturated carbocycles. The van der Waals surface area contributed by atoms with Crippen molar-refractivity contribution in [1.29, 1.82) is 0 Å². The van der Waals surface area contributed by atoms with E-state index in [-0.39, 0.29) is 18.7 Å². The van der Waals surface area contributed by atoms with Crippen molar-refractivity contribution in [2.45, 2.75) is 33.1 Å². The zero-order valence-corrected chi connectivity index (χ0v) is 22.6. The SMILES string of the molecule is Cc1cc(-n2ncc3cc(NC(=O)NC(C)c4ccccc4)nc(COCCOCc4ccccc4)c32)ccn1. The van der Waals surface area contributed by atoms with Crippen LogP contribution in [0.5, 0.6) is 0 Å². The second-order valence-corrected chi connectivity index (χ2v) is 9.43. The van der Waals surface area contributed by atoms with Gasteiger partial charge in [0, 0.05) is 17.3 Å². The van der Waals surface area contributed by atoms with Crippen molar-refractivity contribution in [3.63, 3.8) is 0 Å². The summed E-state index contributed by atoms with van der Waals surface area (Å²) in [7, 11) is 0. The summed E-state index contributed by atoms with van der Waals surface area (Å²) in [6.45, 7) is 5.45. The molecule has 0 spiro atoms. The largest absolute Gasteiger partial charge is 0.374 e. The molecule has 9 heteroatoms. The Morgan fingerprint density at radius 1 is 0.950 bits per heavy atom. The second-order valence-electron chi connectivity index (χ2n) is 9.43. The van der Waals surface area contributed by atoms with Gasteiger partial charge >= 0.3 is 6.03 Å². The molecule has 204 valence electrons. The number of carbonyl (C=O) groups is 1. The van der Waals surface area contributed by atoms with Gasteiger partial charge in [-0.1, -0.05) is 60.7 Å². The fourth-order valence-electron chi connectivity index (χ4n) is 4.38. The van der Waals surface area contributed by atoms with Crippen LogP contribution < -0.4 is 10.6 Å². The number of anilines is 1. The Hall–Kier alpha value is -4.60. The van der Waals surface area contributed by atoms with E-state index in [4.69, 9.17) is 14.5 Å². The third kappa shape index (κ3) is 6.88. The standard InChI is InChI=1S/C31H32N6O3/c1-22-17-27(13-14-32-22)37-30-26(19-33-37)18-29(36-31(38)34-23(2)25-11-7-4-8-12-25)35-28(30)21-40-16-15-39-20-24-9-5-3-6-10-24/h3-14,17-19,23H,15-16,20-21H2,1-2H3,(H2,34,35,36,38). The summed E-state index contributed by atoms with van der Waals surface area (Å²) in [6, 6.07) is 25.0. The normalized spacial score (nSPS) is 11.8. The molecule has 0 aliphatic rings. The fraction of sp³-hybridized carbons (Fsp3) is 0.226. The van der Waals surface area contributed by atoms with Crippen LogP contribution >= 0.6 is 0 Å². The lowest BCUT2D eigenvalue weighted by atomic mass is 10.1. The topological polar surface area (TPSA) is 103 Å². The van der Waals surface area contributed by atoms with Gasteiger partial charge < -0.3 is 14.8 Å². The van der Waals surface area contributed by atoms with Gasteiger partial charge in [-0.25, -0.2) is 14.5 Å². The molecule has 0 saturated heterocycles. The van der Waals surface area contributed by atoms with Gasteiger partial charge in [-0.15, -0.1) is 0 Å². The smallest absolute Gasteiger partial charge is 0.320 e. The van der Waals surface area contributed by atoms with Crippen LogP contribution in [0.2, 0.25) is 0 Å². The van der Waals surface area contributed by atoms with E-state index < -0.39 is 0 Å². The van der Waals surface area contributed by atoms with Gasteiger partial charge in [-0.3, -0.25) is 10.3 Å². The van der Waals surface area contributed by atoms with E-state index in [1.807, 2.05) is 97.4 Å². The summed E-state index contributed by atoms with van der Waals surface area (Å²) in [6.07, 6.45) is 3.51. The number of fused-ring (bicyclic) bond motifs is 1. The molecule has 3 heterocycles. The first-order chi connectivity index (χ1) is 19.6. The molecule has 0 aliphatic heterocycles. The molecule has 5 rings (SSSR count). The molecule has 3 aromatic heterocycles. The zero-order valence-electron chi connectivity index (χ0n) is 22.6. The Labute approximate surface area is 233 Å². The zero-order chi connectivity index (χ0) is 27.7.